The third-order valence-electron chi connectivity index (χ3n) is 8.60. The molecule has 3 aliphatic rings. The predicted molar refractivity (Wildman–Crippen MR) is 157 cm³/mol. The highest BCUT2D eigenvalue weighted by Crippen LogP contribution is 2.70. The Morgan fingerprint density at radius 2 is 1.95 bits per heavy atom. The Morgan fingerprint density at radius 1 is 1.13 bits per heavy atom. The minimum atomic E-state index is -0.860. The molecule has 2 saturated carbocycles. The van der Waals surface area contributed by atoms with Gasteiger partial charge in [-0.15, -0.1) is 22.7 Å². The van der Waals surface area contributed by atoms with Crippen LogP contribution in [0.25, 0.3) is 20.5 Å². The van der Waals surface area contributed by atoms with Crippen LogP contribution >= 0.6 is 22.7 Å². The monoisotopic (exact) mass is 562 g/mol. The number of benzene rings is 1. The topological polar surface area (TPSA) is 88.5 Å². The van der Waals surface area contributed by atoms with Crippen molar-refractivity contribution in [2.45, 2.75) is 83.6 Å². The third kappa shape index (κ3) is 3.70. The van der Waals surface area contributed by atoms with Crippen molar-refractivity contribution < 1.29 is 14.6 Å². The van der Waals surface area contributed by atoms with Crippen molar-refractivity contribution in [2.75, 3.05) is 10.6 Å². The number of rotatable bonds is 7. The Bertz CT molecular complexity index is 1600. The van der Waals surface area contributed by atoms with Gasteiger partial charge in [0.2, 0.25) is 5.95 Å². The normalized spacial score (nSPS) is 28.5. The Balaban J connectivity index is 1.36. The van der Waals surface area contributed by atoms with Crippen molar-refractivity contribution in [3.8, 4) is 10.4 Å². The average molecular weight is 563 g/mol. The molecule has 1 aromatic carbocycles. The van der Waals surface area contributed by atoms with E-state index in [-0.39, 0.29) is 5.92 Å². The van der Waals surface area contributed by atoms with Gasteiger partial charge < -0.3 is 25.2 Å². The lowest BCUT2D eigenvalue weighted by Crippen LogP contribution is -2.50. The van der Waals surface area contributed by atoms with Gasteiger partial charge in [-0.25, -0.2) is 4.98 Å². The molecule has 2 aliphatic carbocycles. The second kappa shape index (κ2) is 8.72. The first-order valence-electron chi connectivity index (χ1n) is 13.7. The molecular formula is C30H34N4O3S2. The molecule has 0 amide bonds. The van der Waals surface area contributed by atoms with E-state index in [1.165, 1.54) is 31.0 Å². The number of nitrogens with one attached hydrogen (secondary N) is 2. The van der Waals surface area contributed by atoms with Gasteiger partial charge in [-0.05, 0) is 81.0 Å². The fourth-order valence-electron chi connectivity index (χ4n) is 6.86. The molecule has 1 saturated heterocycles. The second-order valence-electron chi connectivity index (χ2n) is 11.4. The zero-order valence-corrected chi connectivity index (χ0v) is 24.6. The van der Waals surface area contributed by atoms with Gasteiger partial charge in [0.25, 0.3) is 0 Å². The summed E-state index contributed by atoms with van der Waals surface area (Å²) in [5.41, 5.74) is 2.82. The maximum atomic E-state index is 11.0. The Kier molecular flexibility index (Phi) is 5.68. The van der Waals surface area contributed by atoms with E-state index in [2.05, 4.69) is 67.1 Å². The van der Waals surface area contributed by atoms with Gasteiger partial charge in [-0.1, -0.05) is 25.1 Å². The molecule has 204 valence electrons. The largest absolute Gasteiger partial charge is 0.389 e. The molecule has 9 heteroatoms. The van der Waals surface area contributed by atoms with Gasteiger partial charge in [0.05, 0.1) is 23.9 Å². The second-order valence-corrected chi connectivity index (χ2v) is 13.5. The molecule has 3 aromatic heterocycles. The van der Waals surface area contributed by atoms with E-state index in [1.54, 1.807) is 22.7 Å². The zero-order chi connectivity index (χ0) is 27.2. The maximum Gasteiger partial charge on any atom is 0.225 e. The molecule has 4 atom stereocenters. The van der Waals surface area contributed by atoms with Gasteiger partial charge in [0.1, 0.15) is 5.82 Å². The van der Waals surface area contributed by atoms with Crippen LogP contribution in [0.1, 0.15) is 55.3 Å². The quantitative estimate of drug-likeness (QED) is 0.233. The van der Waals surface area contributed by atoms with Gasteiger partial charge >= 0.3 is 0 Å². The van der Waals surface area contributed by atoms with Crippen LogP contribution in [-0.4, -0.2) is 38.3 Å². The molecule has 39 heavy (non-hydrogen) atoms. The molecule has 1 spiro atoms. The number of ether oxygens (including phenoxy) is 2. The number of fused-ring (bicyclic) bond motifs is 1. The van der Waals surface area contributed by atoms with E-state index >= 15 is 0 Å². The number of anilines is 2. The number of hydrogen-bond acceptors (Lipinski definition) is 9. The predicted octanol–water partition coefficient (Wildman–Crippen LogP) is 6.63. The molecule has 0 bridgehead atoms. The zero-order valence-electron chi connectivity index (χ0n) is 22.9. The maximum absolute atomic E-state index is 11.0. The fourth-order valence-corrected chi connectivity index (χ4v) is 9.10. The molecule has 1 aliphatic heterocycles. The summed E-state index contributed by atoms with van der Waals surface area (Å²) < 4.78 is 14.3. The summed E-state index contributed by atoms with van der Waals surface area (Å²) in [7, 11) is 0. The number of aryl methyl sites for hydroxylation is 3. The van der Waals surface area contributed by atoms with E-state index in [9.17, 15) is 5.11 Å². The summed E-state index contributed by atoms with van der Waals surface area (Å²) in [6.07, 6.45) is 1.93. The molecule has 4 aromatic rings. The molecule has 4 unspecified atom stereocenters. The van der Waals surface area contributed by atoms with E-state index in [0.29, 0.717) is 12.5 Å². The van der Waals surface area contributed by atoms with Crippen LogP contribution in [0.5, 0.6) is 0 Å². The summed E-state index contributed by atoms with van der Waals surface area (Å²) in [5.74, 6) is 0.540. The summed E-state index contributed by atoms with van der Waals surface area (Å²) in [4.78, 5) is 12.5. The Morgan fingerprint density at radius 3 is 2.69 bits per heavy atom. The van der Waals surface area contributed by atoms with Crippen molar-refractivity contribution in [2.24, 2.45) is 5.92 Å². The minimum Gasteiger partial charge on any atom is -0.389 e. The number of aliphatic hydroxyl groups is 1. The van der Waals surface area contributed by atoms with Crippen molar-refractivity contribution in [3.05, 3.63) is 57.4 Å². The van der Waals surface area contributed by atoms with Crippen molar-refractivity contribution in [3.63, 3.8) is 0 Å². The summed E-state index contributed by atoms with van der Waals surface area (Å²) in [6.45, 7) is 10.9. The van der Waals surface area contributed by atoms with E-state index in [1.807, 2.05) is 13.8 Å². The van der Waals surface area contributed by atoms with Crippen molar-refractivity contribution in [1.29, 1.82) is 0 Å². The minimum absolute atomic E-state index is 0.0630. The van der Waals surface area contributed by atoms with Crippen LogP contribution in [0.4, 0.5) is 11.8 Å². The molecule has 7 rings (SSSR count). The highest BCUT2D eigenvalue weighted by Gasteiger charge is 2.85. The lowest BCUT2D eigenvalue weighted by atomic mass is 10.0. The van der Waals surface area contributed by atoms with Crippen LogP contribution < -0.4 is 10.6 Å². The van der Waals surface area contributed by atoms with Crippen LogP contribution in [0.2, 0.25) is 0 Å². The summed E-state index contributed by atoms with van der Waals surface area (Å²) >= 11 is 3.51. The first-order chi connectivity index (χ1) is 18.7. The number of nitrogens with zero attached hydrogens (tertiary/aromatic N) is 2. The lowest BCUT2D eigenvalue weighted by Gasteiger charge is -2.33. The molecule has 7 nitrogen and oxygen atoms in total. The third-order valence-corrected chi connectivity index (χ3v) is 10.9. The van der Waals surface area contributed by atoms with Crippen LogP contribution in [0.3, 0.4) is 0 Å². The fraction of sp³-hybridized carbons (Fsp3) is 0.467. The van der Waals surface area contributed by atoms with Gasteiger partial charge in [0, 0.05) is 20.4 Å². The first kappa shape index (κ1) is 25.4. The lowest BCUT2D eigenvalue weighted by molar-refractivity contribution is -0.166. The first-order valence-corrected chi connectivity index (χ1v) is 15.4. The van der Waals surface area contributed by atoms with Crippen molar-refractivity contribution in [1.82, 2.24) is 9.97 Å². The highest BCUT2D eigenvalue weighted by atomic mass is 32.1. The SMILES string of the molecule is CCc1c(-c2c(C)nc(NCc3sccc3C)nc2NC23CCC4C(O)C42OC(C)(C)O3)sc2ccccc12. The van der Waals surface area contributed by atoms with Gasteiger partial charge in [-0.2, -0.15) is 4.98 Å². The van der Waals surface area contributed by atoms with Gasteiger partial charge in [-0.3, -0.25) is 0 Å². The summed E-state index contributed by atoms with van der Waals surface area (Å²) in [5, 5.41) is 21.6. The Hall–Kier alpha value is -2.56. The van der Waals surface area contributed by atoms with E-state index in [4.69, 9.17) is 19.4 Å². The van der Waals surface area contributed by atoms with Gasteiger partial charge in [0.15, 0.2) is 17.1 Å². The highest BCUT2D eigenvalue weighted by molar-refractivity contribution is 7.22. The Labute approximate surface area is 236 Å². The van der Waals surface area contributed by atoms with E-state index in [0.717, 1.165) is 36.3 Å². The van der Waals surface area contributed by atoms with Crippen LogP contribution in [0.15, 0.2) is 35.7 Å². The smallest absolute Gasteiger partial charge is 0.225 e. The standard InChI is InChI=1S/C30H34N4O3S2/c1-6-18-19-9-7-8-10-21(19)39-24(18)23-17(3)32-27(31-15-22-16(2)12-14-38-22)33-26(23)34-29-13-11-20-25(35)30(20,29)37-28(4,5)36-29/h7-10,12,14,20,25,35H,6,11,13,15H2,1-5H3,(H2,31,32,33,34). The number of aliphatic hydroxyl groups excluding tert-OH is 1. The number of aromatic nitrogens is 2. The molecule has 4 heterocycles. The number of thiophene rings is 2. The molecular weight excluding hydrogens is 528 g/mol. The van der Waals surface area contributed by atoms with E-state index < -0.39 is 23.2 Å². The molecule has 0 radical (unpaired) electrons. The van der Waals surface area contributed by atoms with Crippen LogP contribution in [0, 0.1) is 19.8 Å². The molecule has 3 N–H and O–H groups in total. The van der Waals surface area contributed by atoms with Crippen molar-refractivity contribution >= 4 is 44.5 Å². The number of hydrogen-bond donors (Lipinski definition) is 3. The summed E-state index contributed by atoms with van der Waals surface area (Å²) in [6, 6.07) is 10.7. The average Bonchev–Trinajstić information content (AvgIpc) is 3.33. The molecule has 3 fully saturated rings. The van der Waals surface area contributed by atoms with Crippen LogP contribution in [-0.2, 0) is 22.4 Å².